The third-order valence-electron chi connectivity index (χ3n) is 4.01. The van der Waals surface area contributed by atoms with Crippen LogP contribution in [0.5, 0.6) is 0 Å². The summed E-state index contributed by atoms with van der Waals surface area (Å²) in [6.45, 7) is 1.73. The minimum atomic E-state index is -3.70. The second-order valence-corrected chi connectivity index (χ2v) is 9.49. The topological polar surface area (TPSA) is 87.6 Å². The number of hydrogen-bond donors (Lipinski definition) is 1. The number of rotatable bonds is 3. The molecular weight excluding hydrogens is 368 g/mol. The number of carboxylic acid groups (broad SMARTS) is 1. The van der Waals surface area contributed by atoms with Crippen molar-refractivity contribution < 1.29 is 18.3 Å². The largest absolute Gasteiger partial charge is 0.481 e. The Morgan fingerprint density at radius 3 is 2.70 bits per heavy atom. The SMILES string of the molecule is Cc1nc(S(=O)(=O)N2C3CCC2C(C(=O)O)C3)sc1Br. The highest BCUT2D eigenvalue weighted by Crippen LogP contribution is 2.45. The van der Waals surface area contributed by atoms with E-state index in [1.54, 1.807) is 6.92 Å². The highest BCUT2D eigenvalue weighted by atomic mass is 79.9. The average molecular weight is 381 g/mol. The first-order chi connectivity index (χ1) is 9.32. The van der Waals surface area contributed by atoms with Gasteiger partial charge in [0.2, 0.25) is 4.34 Å². The molecule has 3 heterocycles. The molecule has 3 unspecified atom stereocenters. The predicted molar refractivity (Wildman–Crippen MR) is 76.1 cm³/mol. The summed E-state index contributed by atoms with van der Waals surface area (Å²) in [4.78, 5) is 15.3. The van der Waals surface area contributed by atoms with E-state index < -0.39 is 28.0 Å². The Morgan fingerprint density at radius 2 is 2.20 bits per heavy atom. The van der Waals surface area contributed by atoms with E-state index in [1.807, 2.05) is 0 Å². The van der Waals surface area contributed by atoms with E-state index in [0.717, 1.165) is 17.8 Å². The third-order valence-corrected chi connectivity index (χ3v) is 8.35. The van der Waals surface area contributed by atoms with Crippen molar-refractivity contribution in [2.45, 2.75) is 42.6 Å². The maximum Gasteiger partial charge on any atom is 0.308 e. The summed E-state index contributed by atoms with van der Waals surface area (Å²) < 4.78 is 27.5. The standard InChI is InChI=1S/C11H13BrN2O4S2/c1-5-9(12)19-11(13-5)20(17,18)14-6-2-3-8(14)7(4-6)10(15)16/h6-8H,2-4H2,1H3,(H,15,16). The molecule has 0 radical (unpaired) electrons. The van der Waals surface area contributed by atoms with E-state index in [1.165, 1.54) is 4.31 Å². The van der Waals surface area contributed by atoms with Crippen LogP contribution in [0.4, 0.5) is 0 Å². The molecule has 0 aliphatic carbocycles. The average Bonchev–Trinajstić information content (AvgIpc) is 3.03. The van der Waals surface area contributed by atoms with Crippen LogP contribution in [-0.2, 0) is 14.8 Å². The smallest absolute Gasteiger partial charge is 0.308 e. The number of aryl methyl sites for hydroxylation is 1. The number of carbonyl (C=O) groups is 1. The lowest BCUT2D eigenvalue weighted by Crippen LogP contribution is -2.37. The Hall–Kier alpha value is -0.510. The van der Waals surface area contributed by atoms with Crippen LogP contribution >= 0.6 is 27.3 Å². The first-order valence-electron chi connectivity index (χ1n) is 6.21. The highest BCUT2D eigenvalue weighted by molar-refractivity contribution is 9.11. The molecular formula is C11H13BrN2O4S2. The van der Waals surface area contributed by atoms with Crippen LogP contribution < -0.4 is 0 Å². The van der Waals surface area contributed by atoms with Gasteiger partial charge in [0, 0.05) is 12.1 Å². The van der Waals surface area contributed by atoms with Gasteiger partial charge in [-0.15, -0.1) is 0 Å². The van der Waals surface area contributed by atoms with Crippen molar-refractivity contribution in [3.63, 3.8) is 0 Å². The summed E-state index contributed by atoms with van der Waals surface area (Å²) in [7, 11) is -3.70. The minimum absolute atomic E-state index is 0.0461. The van der Waals surface area contributed by atoms with Gasteiger partial charge in [-0.3, -0.25) is 4.79 Å². The van der Waals surface area contributed by atoms with Gasteiger partial charge in [0.05, 0.1) is 15.4 Å². The monoisotopic (exact) mass is 380 g/mol. The molecule has 1 aromatic heterocycles. The summed E-state index contributed by atoms with van der Waals surface area (Å²) in [5, 5.41) is 9.20. The van der Waals surface area contributed by atoms with Crippen molar-refractivity contribution in [2.75, 3.05) is 0 Å². The van der Waals surface area contributed by atoms with Crippen LogP contribution in [0.2, 0.25) is 0 Å². The second-order valence-electron chi connectivity index (χ2n) is 5.15. The summed E-state index contributed by atoms with van der Waals surface area (Å²) >= 11 is 4.36. The number of carboxylic acids is 1. The maximum absolute atomic E-state index is 12.7. The first-order valence-corrected chi connectivity index (χ1v) is 9.26. The molecule has 2 bridgehead atoms. The van der Waals surface area contributed by atoms with Crippen LogP contribution in [0.25, 0.3) is 0 Å². The van der Waals surface area contributed by atoms with Gasteiger partial charge in [-0.05, 0) is 42.1 Å². The quantitative estimate of drug-likeness (QED) is 0.863. The maximum atomic E-state index is 12.7. The zero-order valence-electron chi connectivity index (χ0n) is 10.6. The van der Waals surface area contributed by atoms with Gasteiger partial charge in [-0.2, -0.15) is 4.31 Å². The van der Waals surface area contributed by atoms with E-state index in [-0.39, 0.29) is 10.4 Å². The molecule has 20 heavy (non-hydrogen) atoms. The zero-order valence-corrected chi connectivity index (χ0v) is 13.8. The lowest BCUT2D eigenvalue weighted by molar-refractivity contribution is -0.142. The van der Waals surface area contributed by atoms with E-state index in [4.69, 9.17) is 0 Å². The number of sulfonamides is 1. The van der Waals surface area contributed by atoms with Crippen molar-refractivity contribution in [3.8, 4) is 0 Å². The molecule has 0 saturated carbocycles. The molecule has 0 amide bonds. The number of aliphatic carboxylic acids is 1. The third kappa shape index (κ3) is 2.02. The number of halogens is 1. The Balaban J connectivity index is 1.99. The number of fused-ring (bicyclic) bond motifs is 2. The lowest BCUT2D eigenvalue weighted by Gasteiger charge is -2.20. The van der Waals surface area contributed by atoms with Crippen molar-refractivity contribution in [3.05, 3.63) is 9.48 Å². The molecule has 1 aromatic rings. The molecule has 0 aromatic carbocycles. The van der Waals surface area contributed by atoms with E-state index in [2.05, 4.69) is 20.9 Å². The van der Waals surface area contributed by atoms with Gasteiger partial charge >= 0.3 is 5.97 Å². The van der Waals surface area contributed by atoms with Gasteiger partial charge in [0.15, 0.2) is 0 Å². The first kappa shape index (κ1) is 14.4. The number of hydrogen-bond acceptors (Lipinski definition) is 5. The number of aromatic nitrogens is 1. The van der Waals surface area contributed by atoms with E-state index in [0.29, 0.717) is 22.3 Å². The Kier molecular flexibility index (Phi) is 3.43. The van der Waals surface area contributed by atoms with Gasteiger partial charge in [0.1, 0.15) is 0 Å². The lowest BCUT2D eigenvalue weighted by atomic mass is 9.89. The summed E-state index contributed by atoms with van der Waals surface area (Å²) in [5.41, 5.74) is 0.634. The molecule has 110 valence electrons. The normalized spacial score (nSPS) is 30.0. The fourth-order valence-corrected chi connectivity index (χ4v) is 7.09. The van der Waals surface area contributed by atoms with E-state index >= 15 is 0 Å². The molecule has 1 N–H and O–H groups in total. The van der Waals surface area contributed by atoms with Crippen LogP contribution in [0.1, 0.15) is 25.0 Å². The number of thiazole rings is 1. The molecule has 0 spiro atoms. The van der Waals surface area contributed by atoms with Crippen LogP contribution in [0.15, 0.2) is 8.13 Å². The molecule has 6 nitrogen and oxygen atoms in total. The molecule has 3 rings (SSSR count). The molecule has 2 aliphatic rings. The van der Waals surface area contributed by atoms with Gasteiger partial charge < -0.3 is 5.11 Å². The Bertz CT molecular complexity index is 652. The van der Waals surface area contributed by atoms with Crippen molar-refractivity contribution >= 4 is 43.3 Å². The van der Waals surface area contributed by atoms with Crippen LogP contribution in [0.3, 0.4) is 0 Å². The zero-order chi connectivity index (χ0) is 14.7. The molecule has 2 aliphatic heterocycles. The summed E-state index contributed by atoms with van der Waals surface area (Å²) in [6.07, 6.45) is 1.76. The molecule has 3 atom stereocenters. The Morgan fingerprint density at radius 1 is 1.50 bits per heavy atom. The fourth-order valence-electron chi connectivity index (χ4n) is 3.13. The van der Waals surface area contributed by atoms with E-state index in [9.17, 15) is 18.3 Å². The van der Waals surface area contributed by atoms with Crippen LogP contribution in [0, 0.1) is 12.8 Å². The molecule has 2 saturated heterocycles. The van der Waals surface area contributed by atoms with Gasteiger partial charge in [-0.25, -0.2) is 13.4 Å². The van der Waals surface area contributed by atoms with Crippen molar-refractivity contribution in [2.24, 2.45) is 5.92 Å². The van der Waals surface area contributed by atoms with Crippen molar-refractivity contribution in [1.29, 1.82) is 0 Å². The van der Waals surface area contributed by atoms with Gasteiger partial charge in [-0.1, -0.05) is 11.3 Å². The summed E-state index contributed by atoms with van der Waals surface area (Å²) in [6, 6.07) is -0.625. The fraction of sp³-hybridized carbons (Fsp3) is 0.636. The Labute approximate surface area is 129 Å². The second kappa shape index (κ2) is 4.75. The summed E-state index contributed by atoms with van der Waals surface area (Å²) in [5.74, 6) is -1.50. The highest BCUT2D eigenvalue weighted by Gasteiger charge is 2.55. The van der Waals surface area contributed by atoms with Crippen molar-refractivity contribution in [1.82, 2.24) is 9.29 Å². The van der Waals surface area contributed by atoms with Gasteiger partial charge in [0.25, 0.3) is 10.0 Å². The minimum Gasteiger partial charge on any atom is -0.481 e. The predicted octanol–water partition coefficient (Wildman–Crippen LogP) is 1.84. The molecule has 2 fully saturated rings. The molecule has 9 heteroatoms. The number of nitrogens with zero attached hydrogens (tertiary/aromatic N) is 2. The van der Waals surface area contributed by atoms with Crippen LogP contribution in [-0.4, -0.2) is 40.9 Å².